The van der Waals surface area contributed by atoms with Crippen LogP contribution in [0.5, 0.6) is 0 Å². The lowest BCUT2D eigenvalue weighted by atomic mass is 10.2. The fourth-order valence-corrected chi connectivity index (χ4v) is 1.95. The van der Waals surface area contributed by atoms with E-state index in [1.807, 2.05) is 6.20 Å². The molecule has 1 aliphatic carbocycles. The summed E-state index contributed by atoms with van der Waals surface area (Å²) in [4.78, 5) is 11.0. The summed E-state index contributed by atoms with van der Waals surface area (Å²) in [5.41, 5.74) is 5.84. The molecule has 0 atom stereocenters. The van der Waals surface area contributed by atoms with Crippen LogP contribution < -0.4 is 11.2 Å². The minimum atomic E-state index is -0.0748. The lowest BCUT2D eigenvalue weighted by Crippen LogP contribution is -2.13. The summed E-state index contributed by atoms with van der Waals surface area (Å²) < 4.78 is 2.07. The maximum absolute atomic E-state index is 11.0. The fourth-order valence-electron chi connectivity index (χ4n) is 1.95. The van der Waals surface area contributed by atoms with Crippen molar-refractivity contribution in [1.82, 2.24) is 4.57 Å². The third kappa shape index (κ3) is 1.59. The van der Waals surface area contributed by atoms with Crippen LogP contribution in [0.25, 0.3) is 0 Å². The van der Waals surface area contributed by atoms with E-state index in [9.17, 15) is 4.79 Å². The molecule has 0 bridgehead atoms. The Morgan fingerprint density at radius 2 is 2.08 bits per heavy atom. The molecule has 1 aromatic heterocycles. The number of pyridine rings is 1. The van der Waals surface area contributed by atoms with Crippen molar-refractivity contribution < 1.29 is 0 Å². The van der Waals surface area contributed by atoms with Crippen molar-refractivity contribution in [1.29, 1.82) is 0 Å². The molecule has 0 amide bonds. The van der Waals surface area contributed by atoms with Gasteiger partial charge in [-0.15, -0.1) is 0 Å². The number of nitrogens with two attached hydrogens (primary N) is 1. The maximum atomic E-state index is 11.0. The number of nitrogen functional groups attached to an aromatic ring is 1. The van der Waals surface area contributed by atoms with Crippen molar-refractivity contribution in [3.63, 3.8) is 0 Å². The van der Waals surface area contributed by atoms with Crippen molar-refractivity contribution in [2.24, 2.45) is 0 Å². The molecule has 0 spiro atoms. The number of nitrogens with zero attached hydrogens (tertiary/aromatic N) is 1. The Balaban J connectivity index is 2.30. The zero-order valence-corrected chi connectivity index (χ0v) is 7.57. The molecule has 3 nitrogen and oxygen atoms in total. The second kappa shape index (κ2) is 3.24. The minimum Gasteiger partial charge on any atom is -0.394 e. The molecule has 0 radical (unpaired) electrons. The Morgan fingerprint density at radius 3 is 2.69 bits per heavy atom. The summed E-state index contributed by atoms with van der Waals surface area (Å²) >= 11 is 0. The molecule has 0 aliphatic heterocycles. The Labute approximate surface area is 77.2 Å². The van der Waals surface area contributed by atoms with E-state index in [0.717, 1.165) is 0 Å². The Bertz CT molecular complexity index is 350. The molecule has 0 saturated heterocycles. The van der Waals surface area contributed by atoms with Gasteiger partial charge in [0.05, 0.1) is 5.69 Å². The van der Waals surface area contributed by atoms with Crippen LogP contribution in [0.4, 0.5) is 5.69 Å². The number of hydrogen-bond donors (Lipinski definition) is 1. The van der Waals surface area contributed by atoms with Gasteiger partial charge >= 0.3 is 0 Å². The molecular weight excluding hydrogens is 164 g/mol. The lowest BCUT2D eigenvalue weighted by Gasteiger charge is -2.13. The molecule has 1 heterocycles. The van der Waals surface area contributed by atoms with E-state index in [1.165, 1.54) is 25.7 Å². The van der Waals surface area contributed by atoms with Crippen LogP contribution in [0.3, 0.4) is 0 Å². The van der Waals surface area contributed by atoms with Gasteiger partial charge < -0.3 is 10.3 Å². The highest BCUT2D eigenvalue weighted by molar-refractivity contribution is 5.33. The predicted molar refractivity (Wildman–Crippen MR) is 52.6 cm³/mol. The van der Waals surface area contributed by atoms with Gasteiger partial charge in [-0.1, -0.05) is 12.8 Å². The molecule has 70 valence electrons. The number of aromatic nitrogens is 1. The number of rotatable bonds is 1. The second-order valence-corrected chi connectivity index (χ2v) is 3.65. The minimum absolute atomic E-state index is 0.0748. The Morgan fingerprint density at radius 1 is 1.38 bits per heavy atom. The van der Waals surface area contributed by atoms with Crippen molar-refractivity contribution in [2.75, 3.05) is 5.73 Å². The largest absolute Gasteiger partial charge is 0.394 e. The van der Waals surface area contributed by atoms with Crippen LogP contribution >= 0.6 is 0 Å². The highest BCUT2D eigenvalue weighted by Gasteiger charge is 2.15. The van der Waals surface area contributed by atoms with Gasteiger partial charge in [0.25, 0.3) is 0 Å². The Kier molecular flexibility index (Phi) is 2.08. The standard InChI is InChI=1S/C10H14N2O/c11-9-7-12(6-5-10(9)13)8-3-1-2-4-8/h5-8H,1-4,11H2. The quantitative estimate of drug-likeness (QED) is 0.709. The van der Waals surface area contributed by atoms with Crippen molar-refractivity contribution in [2.45, 2.75) is 31.7 Å². The molecule has 13 heavy (non-hydrogen) atoms. The second-order valence-electron chi connectivity index (χ2n) is 3.65. The monoisotopic (exact) mass is 178 g/mol. The van der Waals surface area contributed by atoms with E-state index in [2.05, 4.69) is 4.57 Å². The molecular formula is C10H14N2O. The summed E-state index contributed by atoms with van der Waals surface area (Å²) in [5.74, 6) is 0. The van der Waals surface area contributed by atoms with Crippen molar-refractivity contribution in [3.05, 3.63) is 28.7 Å². The molecule has 1 aromatic rings. The van der Waals surface area contributed by atoms with Crippen LogP contribution in [-0.4, -0.2) is 4.57 Å². The van der Waals surface area contributed by atoms with Crippen molar-refractivity contribution >= 4 is 5.69 Å². The van der Waals surface area contributed by atoms with Gasteiger partial charge in [-0.2, -0.15) is 0 Å². The lowest BCUT2D eigenvalue weighted by molar-refractivity contribution is 0.516. The normalized spacial score (nSPS) is 17.8. The van der Waals surface area contributed by atoms with E-state index in [0.29, 0.717) is 11.7 Å². The SMILES string of the molecule is Nc1cn(C2CCCC2)ccc1=O. The molecule has 1 aliphatic rings. The first-order valence-corrected chi connectivity index (χ1v) is 4.74. The van der Waals surface area contributed by atoms with Gasteiger partial charge in [-0.3, -0.25) is 4.79 Å². The molecule has 1 fully saturated rings. The van der Waals surface area contributed by atoms with Crippen LogP contribution in [0.2, 0.25) is 0 Å². The molecule has 2 rings (SSSR count). The van der Waals surface area contributed by atoms with Gasteiger partial charge in [0.1, 0.15) is 0 Å². The van der Waals surface area contributed by atoms with Gasteiger partial charge in [0.2, 0.25) is 5.43 Å². The summed E-state index contributed by atoms with van der Waals surface area (Å²) in [5, 5.41) is 0. The summed E-state index contributed by atoms with van der Waals surface area (Å²) in [7, 11) is 0. The first-order chi connectivity index (χ1) is 6.27. The molecule has 0 unspecified atom stereocenters. The molecule has 0 aromatic carbocycles. The molecule has 2 N–H and O–H groups in total. The first-order valence-electron chi connectivity index (χ1n) is 4.74. The third-order valence-electron chi connectivity index (χ3n) is 2.72. The Hall–Kier alpha value is -1.25. The van der Waals surface area contributed by atoms with Gasteiger partial charge in [0, 0.05) is 24.5 Å². The van der Waals surface area contributed by atoms with Crippen LogP contribution in [-0.2, 0) is 0 Å². The predicted octanol–water partition coefficient (Wildman–Crippen LogP) is 1.55. The number of hydrogen-bond acceptors (Lipinski definition) is 2. The van der Waals surface area contributed by atoms with E-state index < -0.39 is 0 Å². The average molecular weight is 178 g/mol. The highest BCUT2D eigenvalue weighted by atomic mass is 16.1. The van der Waals surface area contributed by atoms with Crippen LogP contribution in [0, 0.1) is 0 Å². The smallest absolute Gasteiger partial charge is 0.204 e. The van der Waals surface area contributed by atoms with Gasteiger partial charge in [-0.25, -0.2) is 0 Å². The van der Waals surface area contributed by atoms with Gasteiger partial charge in [-0.05, 0) is 12.8 Å². The molecule has 1 saturated carbocycles. The average Bonchev–Trinajstić information content (AvgIpc) is 2.62. The highest BCUT2D eigenvalue weighted by Crippen LogP contribution is 2.28. The van der Waals surface area contributed by atoms with E-state index in [-0.39, 0.29) is 5.43 Å². The number of anilines is 1. The maximum Gasteiger partial charge on any atom is 0.204 e. The molecule has 3 heteroatoms. The first kappa shape index (κ1) is 8.35. The topological polar surface area (TPSA) is 48.0 Å². The third-order valence-corrected chi connectivity index (χ3v) is 2.72. The zero-order chi connectivity index (χ0) is 9.26. The van der Waals surface area contributed by atoms with E-state index in [4.69, 9.17) is 5.73 Å². The van der Waals surface area contributed by atoms with Gasteiger partial charge in [0.15, 0.2) is 0 Å². The van der Waals surface area contributed by atoms with E-state index in [1.54, 1.807) is 12.3 Å². The zero-order valence-electron chi connectivity index (χ0n) is 7.57. The van der Waals surface area contributed by atoms with Crippen LogP contribution in [0.1, 0.15) is 31.7 Å². The van der Waals surface area contributed by atoms with Crippen molar-refractivity contribution in [3.8, 4) is 0 Å². The van der Waals surface area contributed by atoms with Crippen LogP contribution in [0.15, 0.2) is 23.3 Å². The van der Waals surface area contributed by atoms with E-state index >= 15 is 0 Å². The summed E-state index contributed by atoms with van der Waals surface area (Å²) in [6.07, 6.45) is 8.60. The summed E-state index contributed by atoms with van der Waals surface area (Å²) in [6.45, 7) is 0. The summed E-state index contributed by atoms with van der Waals surface area (Å²) in [6, 6.07) is 2.11. The fraction of sp³-hybridized carbons (Fsp3) is 0.500.